The summed E-state index contributed by atoms with van der Waals surface area (Å²) in [6.45, 7) is 3.77. The van der Waals surface area contributed by atoms with Gasteiger partial charge < -0.3 is 10.6 Å². The molecule has 1 unspecified atom stereocenters. The van der Waals surface area contributed by atoms with Crippen molar-refractivity contribution in [1.82, 2.24) is 25.2 Å². The van der Waals surface area contributed by atoms with Gasteiger partial charge in [-0.15, -0.1) is 11.3 Å². The third-order valence-corrected chi connectivity index (χ3v) is 4.59. The molecule has 1 aliphatic rings. The van der Waals surface area contributed by atoms with E-state index < -0.39 is 5.82 Å². The third kappa shape index (κ3) is 3.96. The zero-order chi connectivity index (χ0) is 15.4. The average Bonchev–Trinajstić information content (AvgIpc) is 2.98. The summed E-state index contributed by atoms with van der Waals surface area (Å²) >= 11 is 1.68. The number of thiazole rings is 1. The van der Waals surface area contributed by atoms with Crippen LogP contribution in [-0.2, 0) is 13.0 Å². The Kier molecular flexibility index (Phi) is 4.91. The van der Waals surface area contributed by atoms with Crippen molar-refractivity contribution in [3.63, 3.8) is 0 Å². The number of aromatic nitrogens is 3. The molecule has 0 saturated carbocycles. The van der Waals surface area contributed by atoms with Gasteiger partial charge in [-0.1, -0.05) is 0 Å². The second kappa shape index (κ2) is 7.08. The molecule has 0 aliphatic carbocycles. The molecule has 22 heavy (non-hydrogen) atoms. The first kappa shape index (κ1) is 15.3. The summed E-state index contributed by atoms with van der Waals surface area (Å²) in [5, 5.41) is 7.48. The van der Waals surface area contributed by atoms with Gasteiger partial charge in [-0.2, -0.15) is 0 Å². The molecule has 118 valence electrons. The fraction of sp³-hybridized carbons (Fsp3) is 0.500. The summed E-state index contributed by atoms with van der Waals surface area (Å²) in [5.41, 5.74) is 0. The highest BCUT2D eigenvalue weighted by Gasteiger charge is 2.21. The number of anilines is 1. The van der Waals surface area contributed by atoms with Crippen molar-refractivity contribution in [2.24, 2.45) is 0 Å². The standard InChI is InChI=1S/C14H19FN6S/c1-16-14-20-7-12(22-14)9-21-3-2-17-11(8-21)4-13-18-5-10(15)6-19-13/h5-7,11,17H,2-4,8-9H2,1H3,(H,16,20). The molecule has 1 saturated heterocycles. The number of piperazine rings is 1. The minimum atomic E-state index is -0.396. The summed E-state index contributed by atoms with van der Waals surface area (Å²) in [6.07, 6.45) is 5.08. The maximum atomic E-state index is 12.8. The third-order valence-electron chi connectivity index (χ3n) is 3.59. The lowest BCUT2D eigenvalue weighted by atomic mass is 10.1. The Hall–Kier alpha value is -1.64. The maximum Gasteiger partial charge on any atom is 0.182 e. The largest absolute Gasteiger partial charge is 0.365 e. The van der Waals surface area contributed by atoms with E-state index in [0.717, 1.165) is 31.3 Å². The van der Waals surface area contributed by atoms with E-state index in [1.54, 1.807) is 11.3 Å². The van der Waals surface area contributed by atoms with Crippen molar-refractivity contribution < 1.29 is 4.39 Å². The van der Waals surface area contributed by atoms with Gasteiger partial charge in [-0.3, -0.25) is 4.90 Å². The molecule has 0 spiro atoms. The first-order valence-electron chi connectivity index (χ1n) is 7.27. The molecule has 3 rings (SSSR count). The Morgan fingerprint density at radius 3 is 2.91 bits per heavy atom. The minimum Gasteiger partial charge on any atom is -0.365 e. The molecule has 0 amide bonds. The van der Waals surface area contributed by atoms with Crippen molar-refractivity contribution in [3.05, 3.63) is 35.1 Å². The lowest BCUT2D eigenvalue weighted by Gasteiger charge is -2.33. The highest BCUT2D eigenvalue weighted by Crippen LogP contribution is 2.19. The summed E-state index contributed by atoms with van der Waals surface area (Å²) in [4.78, 5) is 16.0. The monoisotopic (exact) mass is 322 g/mol. The molecule has 1 fully saturated rings. The summed E-state index contributed by atoms with van der Waals surface area (Å²) < 4.78 is 12.8. The van der Waals surface area contributed by atoms with Crippen LogP contribution in [0.15, 0.2) is 18.6 Å². The molecule has 2 aromatic rings. The lowest BCUT2D eigenvalue weighted by Crippen LogP contribution is -2.51. The SMILES string of the molecule is CNc1ncc(CN2CCNC(Cc3ncc(F)cn3)C2)s1. The quantitative estimate of drug-likeness (QED) is 0.860. The van der Waals surface area contributed by atoms with Gasteiger partial charge in [0.05, 0.1) is 12.4 Å². The zero-order valence-corrected chi connectivity index (χ0v) is 13.2. The molecule has 1 atom stereocenters. The molecule has 8 heteroatoms. The Balaban J connectivity index is 1.55. The second-order valence-electron chi connectivity index (χ2n) is 5.29. The van der Waals surface area contributed by atoms with Crippen LogP contribution in [0.25, 0.3) is 0 Å². The van der Waals surface area contributed by atoms with Gasteiger partial charge in [-0.05, 0) is 0 Å². The average molecular weight is 322 g/mol. The smallest absolute Gasteiger partial charge is 0.182 e. The molecule has 0 radical (unpaired) electrons. The number of nitrogens with zero attached hydrogens (tertiary/aromatic N) is 4. The van der Waals surface area contributed by atoms with Gasteiger partial charge in [0, 0.05) is 56.8 Å². The number of rotatable bonds is 5. The number of hydrogen-bond acceptors (Lipinski definition) is 7. The topological polar surface area (TPSA) is 66.0 Å². The molecule has 0 bridgehead atoms. The lowest BCUT2D eigenvalue weighted by molar-refractivity contribution is 0.192. The van der Waals surface area contributed by atoms with Crippen LogP contribution in [0.2, 0.25) is 0 Å². The van der Waals surface area contributed by atoms with Gasteiger partial charge in [-0.25, -0.2) is 19.3 Å². The van der Waals surface area contributed by atoms with Crippen molar-refractivity contribution in [3.8, 4) is 0 Å². The van der Waals surface area contributed by atoms with Crippen LogP contribution in [0.5, 0.6) is 0 Å². The van der Waals surface area contributed by atoms with Crippen LogP contribution >= 0.6 is 11.3 Å². The highest BCUT2D eigenvalue weighted by atomic mass is 32.1. The van der Waals surface area contributed by atoms with Crippen LogP contribution in [0.1, 0.15) is 10.7 Å². The maximum absolute atomic E-state index is 12.8. The van der Waals surface area contributed by atoms with E-state index in [9.17, 15) is 4.39 Å². The van der Waals surface area contributed by atoms with E-state index >= 15 is 0 Å². The molecular formula is C14H19FN6S. The Bertz CT molecular complexity index is 602. The van der Waals surface area contributed by atoms with Crippen LogP contribution in [0.4, 0.5) is 9.52 Å². The van der Waals surface area contributed by atoms with Crippen molar-refractivity contribution in [2.75, 3.05) is 32.0 Å². The van der Waals surface area contributed by atoms with E-state index in [0.29, 0.717) is 12.2 Å². The number of nitrogens with one attached hydrogen (secondary N) is 2. The van der Waals surface area contributed by atoms with Crippen molar-refractivity contribution >= 4 is 16.5 Å². The normalized spacial score (nSPS) is 19.3. The zero-order valence-electron chi connectivity index (χ0n) is 12.4. The van der Waals surface area contributed by atoms with Gasteiger partial charge in [0.15, 0.2) is 10.9 Å². The summed E-state index contributed by atoms with van der Waals surface area (Å²) in [6, 6.07) is 0.288. The molecule has 6 nitrogen and oxygen atoms in total. The van der Waals surface area contributed by atoms with Gasteiger partial charge >= 0.3 is 0 Å². The Morgan fingerprint density at radius 1 is 1.36 bits per heavy atom. The first-order chi connectivity index (χ1) is 10.7. The molecule has 3 heterocycles. The molecule has 2 N–H and O–H groups in total. The summed E-state index contributed by atoms with van der Waals surface area (Å²) in [7, 11) is 1.88. The predicted molar refractivity (Wildman–Crippen MR) is 84.4 cm³/mol. The predicted octanol–water partition coefficient (Wildman–Crippen LogP) is 1.13. The highest BCUT2D eigenvalue weighted by molar-refractivity contribution is 7.15. The number of halogens is 1. The van der Waals surface area contributed by atoms with Gasteiger partial charge in [0.1, 0.15) is 5.82 Å². The van der Waals surface area contributed by atoms with Crippen molar-refractivity contribution in [1.29, 1.82) is 0 Å². The second-order valence-corrected chi connectivity index (χ2v) is 6.40. The Labute approximate surface area is 132 Å². The van der Waals surface area contributed by atoms with E-state index in [2.05, 4.69) is 30.5 Å². The molecule has 1 aliphatic heterocycles. The van der Waals surface area contributed by atoms with Gasteiger partial charge in [0.25, 0.3) is 0 Å². The van der Waals surface area contributed by atoms with Crippen LogP contribution < -0.4 is 10.6 Å². The number of hydrogen-bond donors (Lipinski definition) is 2. The summed E-state index contributed by atoms with van der Waals surface area (Å²) in [5.74, 6) is 0.281. The molecule has 0 aromatic carbocycles. The Morgan fingerprint density at radius 2 is 2.18 bits per heavy atom. The fourth-order valence-corrected chi connectivity index (χ4v) is 3.36. The van der Waals surface area contributed by atoms with E-state index in [1.165, 1.54) is 17.3 Å². The van der Waals surface area contributed by atoms with E-state index in [-0.39, 0.29) is 6.04 Å². The van der Waals surface area contributed by atoms with E-state index in [1.807, 2.05) is 13.2 Å². The minimum absolute atomic E-state index is 0.288. The van der Waals surface area contributed by atoms with Crippen LogP contribution in [0, 0.1) is 5.82 Å². The fourth-order valence-electron chi connectivity index (χ4n) is 2.56. The first-order valence-corrected chi connectivity index (χ1v) is 8.09. The van der Waals surface area contributed by atoms with Crippen LogP contribution in [0.3, 0.4) is 0 Å². The van der Waals surface area contributed by atoms with Crippen molar-refractivity contribution in [2.45, 2.75) is 19.0 Å². The molecule has 2 aromatic heterocycles. The van der Waals surface area contributed by atoms with Crippen LogP contribution in [-0.4, -0.2) is 52.6 Å². The molecular weight excluding hydrogens is 303 g/mol. The van der Waals surface area contributed by atoms with Gasteiger partial charge in [0.2, 0.25) is 0 Å². The van der Waals surface area contributed by atoms with E-state index in [4.69, 9.17) is 0 Å².